The number of nitrogens with two attached hydrogens (primary N) is 1. The summed E-state index contributed by atoms with van der Waals surface area (Å²) in [6.07, 6.45) is 7.72. The van der Waals surface area contributed by atoms with Crippen LogP contribution in [0.25, 0.3) is 0 Å². The monoisotopic (exact) mass is 519 g/mol. The molecule has 1 fully saturated rings. The third-order valence-electron chi connectivity index (χ3n) is 7.50. The number of carbonyl (C=O) groups is 2. The standard InChI is InChI=1S/C26H41N5O4S/c1-5-6-7-8-9-10-23-28-24(32)26(29-23)12-14-31(15-13-26)36(34,35)16-11-22-19(2)17-21(18-20(22)3)30(4)25(27)33/h17-18H,5-16H2,1-4H3,(H2,27,33)(H,28,29,32). The Kier molecular flexibility index (Phi) is 9.16. The van der Waals surface area contributed by atoms with Crippen LogP contribution in [0.5, 0.6) is 0 Å². The van der Waals surface area contributed by atoms with Gasteiger partial charge < -0.3 is 11.1 Å². The molecule has 1 aromatic carbocycles. The molecule has 1 aromatic rings. The first-order valence-corrected chi connectivity index (χ1v) is 14.6. The second kappa shape index (κ2) is 11.7. The van der Waals surface area contributed by atoms with Crippen molar-refractivity contribution in [3.63, 3.8) is 0 Å². The van der Waals surface area contributed by atoms with E-state index in [1.165, 1.54) is 28.5 Å². The average molecular weight is 520 g/mol. The molecule has 0 saturated carbocycles. The van der Waals surface area contributed by atoms with Gasteiger partial charge >= 0.3 is 6.03 Å². The predicted octanol–water partition coefficient (Wildman–Crippen LogP) is 3.41. The number of benzene rings is 1. The molecule has 0 atom stereocenters. The summed E-state index contributed by atoms with van der Waals surface area (Å²) in [5, 5.41) is 2.95. The first kappa shape index (κ1) is 28.1. The Labute approximate surface area is 215 Å². The van der Waals surface area contributed by atoms with Crippen LogP contribution in [0.1, 0.15) is 75.0 Å². The first-order chi connectivity index (χ1) is 17.0. The van der Waals surface area contributed by atoms with E-state index in [0.29, 0.717) is 38.0 Å². The van der Waals surface area contributed by atoms with Crippen LogP contribution in [-0.2, 0) is 21.2 Å². The molecular formula is C26H41N5O4S. The summed E-state index contributed by atoms with van der Waals surface area (Å²) in [4.78, 5) is 30.3. The van der Waals surface area contributed by atoms with Crippen molar-refractivity contribution in [3.8, 4) is 0 Å². The number of piperidine rings is 1. The molecule has 0 aliphatic carbocycles. The molecule has 200 valence electrons. The number of primary amides is 1. The number of hydrogen-bond donors (Lipinski definition) is 2. The zero-order valence-electron chi connectivity index (χ0n) is 22.1. The largest absolute Gasteiger partial charge is 0.351 e. The molecule has 36 heavy (non-hydrogen) atoms. The van der Waals surface area contributed by atoms with Crippen molar-refractivity contribution in [2.75, 3.05) is 30.8 Å². The maximum atomic E-state index is 13.1. The van der Waals surface area contributed by atoms with Crippen LogP contribution in [-0.4, -0.2) is 61.9 Å². The number of sulfonamides is 1. The second-order valence-corrected chi connectivity index (χ2v) is 12.2. The van der Waals surface area contributed by atoms with Crippen LogP contribution in [0.3, 0.4) is 0 Å². The molecule has 3 rings (SSSR count). The zero-order chi connectivity index (χ0) is 26.5. The molecule has 2 aliphatic rings. The summed E-state index contributed by atoms with van der Waals surface area (Å²) in [5.74, 6) is 0.657. The predicted molar refractivity (Wildman–Crippen MR) is 144 cm³/mol. The fourth-order valence-electron chi connectivity index (χ4n) is 5.12. The number of nitrogens with zero attached hydrogens (tertiary/aromatic N) is 3. The third-order valence-corrected chi connectivity index (χ3v) is 9.37. The molecule has 1 saturated heterocycles. The summed E-state index contributed by atoms with van der Waals surface area (Å²) in [7, 11) is -1.88. The van der Waals surface area contributed by atoms with Crippen LogP contribution in [0, 0.1) is 13.8 Å². The number of aryl methyl sites for hydroxylation is 2. The number of hydrogen-bond acceptors (Lipinski definition) is 5. The molecule has 10 heteroatoms. The van der Waals surface area contributed by atoms with E-state index in [9.17, 15) is 18.0 Å². The lowest BCUT2D eigenvalue weighted by Gasteiger charge is -2.34. The van der Waals surface area contributed by atoms with E-state index in [1.54, 1.807) is 7.05 Å². The van der Waals surface area contributed by atoms with Gasteiger partial charge in [-0.3, -0.25) is 14.7 Å². The molecule has 9 nitrogen and oxygen atoms in total. The third kappa shape index (κ3) is 6.45. The van der Waals surface area contributed by atoms with E-state index in [0.717, 1.165) is 41.8 Å². The normalized spacial score (nSPS) is 17.8. The minimum Gasteiger partial charge on any atom is -0.351 e. The Balaban J connectivity index is 1.58. The SMILES string of the molecule is CCCCCCCC1=NC2(CCN(S(=O)(=O)CCc3c(C)cc(N(C)C(N)=O)cc3C)CC2)C(=O)N1. The Hall–Kier alpha value is -2.46. The van der Waals surface area contributed by atoms with Gasteiger partial charge in [-0.15, -0.1) is 0 Å². The number of amides is 3. The number of unbranched alkanes of at least 4 members (excludes halogenated alkanes) is 4. The van der Waals surface area contributed by atoms with E-state index in [-0.39, 0.29) is 11.7 Å². The van der Waals surface area contributed by atoms with Gasteiger partial charge in [0.2, 0.25) is 10.0 Å². The summed E-state index contributed by atoms with van der Waals surface area (Å²) < 4.78 is 27.8. The highest BCUT2D eigenvalue weighted by Gasteiger charge is 2.47. The number of amidine groups is 1. The number of carbonyl (C=O) groups excluding carboxylic acids is 2. The van der Waals surface area contributed by atoms with Gasteiger partial charge in [0.25, 0.3) is 5.91 Å². The van der Waals surface area contributed by atoms with E-state index in [2.05, 4.69) is 12.2 Å². The Morgan fingerprint density at radius 2 is 1.72 bits per heavy atom. The van der Waals surface area contributed by atoms with E-state index < -0.39 is 21.6 Å². The summed E-state index contributed by atoms with van der Waals surface area (Å²) in [6.45, 7) is 6.60. The van der Waals surface area contributed by atoms with Gasteiger partial charge in [-0.2, -0.15) is 0 Å². The molecule has 0 radical (unpaired) electrons. The van der Waals surface area contributed by atoms with Gasteiger partial charge in [0.15, 0.2) is 0 Å². The lowest BCUT2D eigenvalue weighted by Crippen LogP contribution is -2.50. The van der Waals surface area contributed by atoms with Gasteiger partial charge in [0.1, 0.15) is 11.4 Å². The molecular weight excluding hydrogens is 478 g/mol. The molecule has 3 N–H and O–H groups in total. The zero-order valence-corrected chi connectivity index (χ0v) is 22.9. The Bertz CT molecular complexity index is 1080. The Morgan fingerprint density at radius 1 is 1.11 bits per heavy atom. The van der Waals surface area contributed by atoms with Gasteiger partial charge in [-0.1, -0.05) is 32.6 Å². The number of aliphatic imine (C=N–C) groups is 1. The van der Waals surface area contributed by atoms with Crippen LogP contribution < -0.4 is 16.0 Å². The highest BCUT2D eigenvalue weighted by molar-refractivity contribution is 7.89. The van der Waals surface area contributed by atoms with Crippen molar-refractivity contribution < 1.29 is 18.0 Å². The number of rotatable bonds is 11. The summed E-state index contributed by atoms with van der Waals surface area (Å²) in [5.41, 5.74) is 8.03. The molecule has 1 spiro atoms. The minimum absolute atomic E-state index is 0.00877. The topological polar surface area (TPSA) is 125 Å². The van der Waals surface area contributed by atoms with Gasteiger partial charge in [-0.05, 0) is 68.4 Å². The number of urea groups is 1. The van der Waals surface area contributed by atoms with Crippen molar-refractivity contribution in [1.82, 2.24) is 9.62 Å². The maximum Gasteiger partial charge on any atom is 0.318 e. The fraction of sp³-hybridized carbons (Fsp3) is 0.654. The van der Waals surface area contributed by atoms with Gasteiger partial charge in [-0.25, -0.2) is 17.5 Å². The van der Waals surface area contributed by atoms with Crippen molar-refractivity contribution in [1.29, 1.82) is 0 Å². The van der Waals surface area contributed by atoms with Crippen molar-refractivity contribution in [2.45, 2.75) is 84.1 Å². The fourth-order valence-corrected chi connectivity index (χ4v) is 6.58. The van der Waals surface area contributed by atoms with Crippen LogP contribution in [0.2, 0.25) is 0 Å². The Morgan fingerprint density at radius 3 is 2.31 bits per heavy atom. The summed E-state index contributed by atoms with van der Waals surface area (Å²) in [6, 6.07) is 3.15. The molecule has 3 amide bonds. The van der Waals surface area contributed by atoms with Crippen LogP contribution >= 0.6 is 0 Å². The first-order valence-electron chi connectivity index (χ1n) is 13.0. The average Bonchev–Trinajstić information content (AvgIpc) is 3.12. The number of nitrogens with one attached hydrogen (secondary N) is 1. The minimum atomic E-state index is -3.49. The molecule has 2 aliphatic heterocycles. The van der Waals surface area contributed by atoms with Crippen LogP contribution in [0.4, 0.5) is 10.5 Å². The van der Waals surface area contributed by atoms with Crippen LogP contribution in [0.15, 0.2) is 17.1 Å². The highest BCUT2D eigenvalue weighted by Crippen LogP contribution is 2.32. The summed E-state index contributed by atoms with van der Waals surface area (Å²) >= 11 is 0. The van der Waals surface area contributed by atoms with E-state index in [4.69, 9.17) is 10.7 Å². The molecule has 0 unspecified atom stereocenters. The quantitative estimate of drug-likeness (QED) is 0.435. The molecule has 0 bridgehead atoms. The van der Waals surface area contributed by atoms with Gasteiger partial charge in [0, 0.05) is 32.2 Å². The lowest BCUT2D eigenvalue weighted by atomic mass is 9.89. The van der Waals surface area contributed by atoms with E-state index in [1.807, 2.05) is 26.0 Å². The molecule has 2 heterocycles. The lowest BCUT2D eigenvalue weighted by molar-refractivity contribution is -0.124. The smallest absolute Gasteiger partial charge is 0.318 e. The highest BCUT2D eigenvalue weighted by atomic mass is 32.2. The van der Waals surface area contributed by atoms with Gasteiger partial charge in [0.05, 0.1) is 5.75 Å². The van der Waals surface area contributed by atoms with Crippen molar-refractivity contribution in [3.05, 3.63) is 28.8 Å². The number of anilines is 1. The second-order valence-electron chi connectivity index (χ2n) is 10.1. The van der Waals surface area contributed by atoms with Crippen molar-refractivity contribution >= 4 is 33.5 Å². The molecule has 0 aromatic heterocycles. The van der Waals surface area contributed by atoms with E-state index >= 15 is 0 Å². The van der Waals surface area contributed by atoms with Crippen molar-refractivity contribution in [2.24, 2.45) is 10.7 Å². The maximum absolute atomic E-state index is 13.1.